The molecule has 36 heavy (non-hydrogen) atoms. The van der Waals surface area contributed by atoms with E-state index in [9.17, 15) is 14.7 Å². The normalized spacial score (nSPS) is 50.4. The first-order chi connectivity index (χ1) is 17.3. The number of aliphatic hydroxyl groups is 1. The minimum absolute atomic E-state index is 0.00435. The summed E-state index contributed by atoms with van der Waals surface area (Å²) in [5.41, 5.74) is -1.23. The van der Waals surface area contributed by atoms with Crippen molar-refractivity contribution in [3.05, 3.63) is 35.9 Å². The molecule has 3 saturated heterocycles. The third-order valence-electron chi connectivity index (χ3n) is 11.3. The predicted octanol–water partition coefficient (Wildman–Crippen LogP) is 3.05. The van der Waals surface area contributed by atoms with Crippen molar-refractivity contribution in [2.45, 2.75) is 75.9 Å². The highest BCUT2D eigenvalue weighted by molar-refractivity contribution is 5.89. The second kappa shape index (κ2) is 7.55. The molecule has 1 spiro atoms. The van der Waals surface area contributed by atoms with E-state index in [1.807, 2.05) is 18.2 Å². The highest BCUT2D eigenvalue weighted by Gasteiger charge is 2.85. The Morgan fingerprint density at radius 2 is 2.00 bits per heavy atom. The van der Waals surface area contributed by atoms with Crippen molar-refractivity contribution >= 4 is 11.9 Å². The lowest BCUT2D eigenvalue weighted by Gasteiger charge is -2.69. The number of ether oxygens (including phenoxy) is 3. The van der Waals surface area contributed by atoms with E-state index in [0.29, 0.717) is 18.4 Å². The molecule has 7 nitrogen and oxygen atoms in total. The Labute approximate surface area is 212 Å². The lowest BCUT2D eigenvalue weighted by atomic mass is 9.42. The van der Waals surface area contributed by atoms with Crippen molar-refractivity contribution in [2.24, 2.45) is 34.5 Å². The van der Waals surface area contributed by atoms with E-state index in [2.05, 4.69) is 18.7 Å². The highest BCUT2D eigenvalue weighted by Crippen LogP contribution is 2.77. The lowest BCUT2D eigenvalue weighted by molar-refractivity contribution is -0.269. The van der Waals surface area contributed by atoms with E-state index >= 15 is 0 Å². The molecule has 4 aliphatic carbocycles. The van der Waals surface area contributed by atoms with Crippen LogP contribution >= 0.6 is 0 Å². The number of carbonyl (C=O) groups excluding carboxylic acids is 2. The standard InChI is InChI=1S/C29H37NO6/c1-4-30-15-27(2)12-11-19(34-3)29-18-14-17-10-13-28(33,20(18)26(32)35-17)21(24(29)30)22(23(27)29)36-25(31)16-8-6-5-7-9-16/h5-9,17-24,33H,4,10-15H2,1-3H3/t17-,18+,19-,20+,21-,22+,23-,24+,27-,28+,29-/m0/s1. The number of fused-ring (bicyclic) bond motifs is 2. The van der Waals surface area contributed by atoms with E-state index < -0.39 is 17.6 Å². The van der Waals surface area contributed by atoms with Gasteiger partial charge in [0.05, 0.1) is 23.2 Å². The van der Waals surface area contributed by atoms with E-state index in [1.165, 1.54) is 0 Å². The molecule has 0 radical (unpaired) electrons. The molecule has 0 unspecified atom stereocenters. The zero-order valence-corrected chi connectivity index (χ0v) is 21.4. The Bertz CT molecular complexity index is 1090. The highest BCUT2D eigenvalue weighted by atomic mass is 16.6. The van der Waals surface area contributed by atoms with Gasteiger partial charge in [0.25, 0.3) is 0 Å². The van der Waals surface area contributed by atoms with Crippen molar-refractivity contribution in [1.82, 2.24) is 4.90 Å². The van der Waals surface area contributed by atoms with Gasteiger partial charge in [-0.3, -0.25) is 9.69 Å². The van der Waals surface area contributed by atoms with Gasteiger partial charge >= 0.3 is 11.9 Å². The van der Waals surface area contributed by atoms with Gasteiger partial charge in [-0.2, -0.15) is 0 Å². The Kier molecular flexibility index (Phi) is 4.86. The van der Waals surface area contributed by atoms with Gasteiger partial charge in [0.2, 0.25) is 0 Å². The first-order valence-electron chi connectivity index (χ1n) is 13.8. The van der Waals surface area contributed by atoms with Crippen LogP contribution in [-0.2, 0) is 19.0 Å². The summed E-state index contributed by atoms with van der Waals surface area (Å²) < 4.78 is 18.7. The number of methoxy groups -OCH3 is 1. The van der Waals surface area contributed by atoms with E-state index in [-0.39, 0.29) is 58.8 Å². The Morgan fingerprint density at radius 3 is 2.72 bits per heavy atom. The smallest absolute Gasteiger partial charge is 0.338 e. The number of rotatable bonds is 4. The predicted molar refractivity (Wildman–Crippen MR) is 130 cm³/mol. The molecule has 0 aromatic heterocycles. The summed E-state index contributed by atoms with van der Waals surface area (Å²) in [6, 6.07) is 9.13. The third-order valence-corrected chi connectivity index (χ3v) is 11.3. The van der Waals surface area contributed by atoms with Crippen molar-refractivity contribution in [3.63, 3.8) is 0 Å². The largest absolute Gasteiger partial charge is 0.462 e. The minimum atomic E-state index is -1.27. The fraction of sp³-hybridized carbons (Fsp3) is 0.724. The van der Waals surface area contributed by atoms with Crippen molar-refractivity contribution in [2.75, 3.05) is 20.2 Å². The number of hydrogen-bond donors (Lipinski definition) is 1. The van der Waals surface area contributed by atoms with E-state index in [4.69, 9.17) is 14.2 Å². The number of hydrogen-bond acceptors (Lipinski definition) is 7. The molecule has 4 saturated carbocycles. The zero-order valence-electron chi connectivity index (χ0n) is 21.4. The molecule has 0 amide bonds. The quantitative estimate of drug-likeness (QED) is 0.643. The Hall–Kier alpha value is -1.96. The second-order valence-electron chi connectivity index (χ2n) is 12.6. The molecular weight excluding hydrogens is 458 g/mol. The van der Waals surface area contributed by atoms with Gasteiger partial charge in [-0.05, 0) is 62.1 Å². The van der Waals surface area contributed by atoms with E-state index in [0.717, 1.165) is 32.4 Å². The summed E-state index contributed by atoms with van der Waals surface area (Å²) in [6.45, 7) is 6.29. The number of esters is 2. The molecule has 1 aromatic rings. The topological polar surface area (TPSA) is 85.3 Å². The van der Waals surface area contributed by atoms with Crippen LogP contribution in [0, 0.1) is 34.5 Å². The van der Waals surface area contributed by atoms with Crippen molar-refractivity contribution < 1.29 is 28.9 Å². The number of carbonyl (C=O) groups is 2. The first kappa shape index (κ1) is 23.2. The van der Waals surface area contributed by atoms with Crippen LogP contribution in [0.15, 0.2) is 30.3 Å². The van der Waals surface area contributed by atoms with Gasteiger partial charge in [0.1, 0.15) is 12.2 Å². The van der Waals surface area contributed by atoms with Gasteiger partial charge in [-0.25, -0.2) is 4.79 Å². The van der Waals surface area contributed by atoms with E-state index in [1.54, 1.807) is 19.2 Å². The summed E-state index contributed by atoms with van der Waals surface area (Å²) in [7, 11) is 1.79. The molecule has 7 fully saturated rings. The summed E-state index contributed by atoms with van der Waals surface area (Å²) in [4.78, 5) is 29.6. The van der Waals surface area contributed by atoms with Crippen LogP contribution in [0.1, 0.15) is 56.3 Å². The van der Waals surface area contributed by atoms with Gasteiger partial charge in [0, 0.05) is 36.9 Å². The molecule has 11 atom stereocenters. The van der Waals surface area contributed by atoms with Crippen molar-refractivity contribution in [3.8, 4) is 0 Å². The summed E-state index contributed by atoms with van der Waals surface area (Å²) in [6.07, 6.45) is 3.10. The number of piperidine rings is 1. The zero-order chi connectivity index (χ0) is 25.0. The van der Waals surface area contributed by atoms with Crippen LogP contribution in [0.2, 0.25) is 0 Å². The molecule has 8 rings (SSSR count). The second-order valence-corrected chi connectivity index (χ2v) is 12.6. The number of likely N-dealkylation sites (tertiary alicyclic amines) is 1. The van der Waals surface area contributed by atoms with Crippen LogP contribution in [0.4, 0.5) is 0 Å². The van der Waals surface area contributed by atoms with Gasteiger partial charge in [-0.1, -0.05) is 32.0 Å². The average molecular weight is 496 g/mol. The minimum Gasteiger partial charge on any atom is -0.462 e. The Morgan fingerprint density at radius 1 is 1.22 bits per heavy atom. The first-order valence-corrected chi connectivity index (χ1v) is 13.8. The third kappa shape index (κ3) is 2.60. The average Bonchev–Trinajstić information content (AvgIpc) is 2.92. The number of nitrogens with zero attached hydrogens (tertiary/aromatic N) is 1. The van der Waals surface area contributed by atoms with Crippen LogP contribution in [0.3, 0.4) is 0 Å². The lowest BCUT2D eigenvalue weighted by Crippen LogP contribution is -2.76. The van der Waals surface area contributed by atoms with Crippen LogP contribution in [-0.4, -0.2) is 72.1 Å². The summed E-state index contributed by atoms with van der Waals surface area (Å²) in [5, 5.41) is 12.6. The van der Waals surface area contributed by atoms with Crippen molar-refractivity contribution in [1.29, 1.82) is 0 Å². The maximum atomic E-state index is 13.5. The van der Waals surface area contributed by atoms with Crippen LogP contribution in [0.25, 0.3) is 0 Å². The Balaban J connectivity index is 1.46. The molecule has 9 bridgehead atoms. The molecule has 3 heterocycles. The molecule has 1 aromatic carbocycles. The van der Waals surface area contributed by atoms with Gasteiger partial charge in [0.15, 0.2) is 0 Å². The van der Waals surface area contributed by atoms with Gasteiger partial charge in [-0.15, -0.1) is 0 Å². The molecular formula is C29H37NO6. The monoisotopic (exact) mass is 495 g/mol. The van der Waals surface area contributed by atoms with Gasteiger partial charge < -0.3 is 19.3 Å². The summed E-state index contributed by atoms with van der Waals surface area (Å²) in [5.74, 6) is -1.62. The fourth-order valence-electron chi connectivity index (χ4n) is 10.5. The SMILES string of the molecule is CCN1C[C@]2(C)CC[C@H](OC)[C@@]34[C@@H]5C[C@@H]6CC[C@](O)([C@@H]([C@@H](OC(=O)c7ccccc7)[C@@H]23)[C@@H]14)[C@H]5C(=O)O6. The maximum Gasteiger partial charge on any atom is 0.338 e. The maximum absolute atomic E-state index is 13.5. The summed E-state index contributed by atoms with van der Waals surface area (Å²) >= 11 is 0. The molecule has 1 N–H and O–H groups in total. The molecule has 7 heteroatoms. The number of benzene rings is 1. The fourth-order valence-corrected chi connectivity index (χ4v) is 10.5. The molecule has 194 valence electrons. The van der Waals surface area contributed by atoms with Crippen LogP contribution in [0.5, 0.6) is 0 Å². The van der Waals surface area contributed by atoms with Crippen LogP contribution < -0.4 is 0 Å². The molecule has 3 aliphatic heterocycles. The molecule has 7 aliphatic rings.